The maximum atomic E-state index is 13.7. The van der Waals surface area contributed by atoms with Gasteiger partial charge in [-0.15, -0.1) is 12.6 Å². The molecule has 4 atom stereocenters. The molecular formula is C42H54ClN9O5S. The summed E-state index contributed by atoms with van der Waals surface area (Å²) in [6, 6.07) is 13.3. The third-order valence-electron chi connectivity index (χ3n) is 12.5. The fourth-order valence-corrected chi connectivity index (χ4v) is 10.5. The average Bonchev–Trinajstić information content (AvgIpc) is 3.60. The van der Waals surface area contributed by atoms with E-state index in [9.17, 15) is 24.4 Å². The molecule has 1 saturated carbocycles. The maximum Gasteiger partial charge on any atom is 0.249 e. The van der Waals surface area contributed by atoms with Crippen molar-refractivity contribution in [1.29, 1.82) is 5.26 Å². The van der Waals surface area contributed by atoms with Crippen LogP contribution in [0.25, 0.3) is 10.9 Å². The zero-order chi connectivity index (χ0) is 41.5. The number of fused-ring (bicyclic) bond motifs is 1. The Hall–Kier alpha value is -4.04. The van der Waals surface area contributed by atoms with Crippen LogP contribution in [0.15, 0.2) is 36.4 Å². The van der Waals surface area contributed by atoms with Crippen LogP contribution < -0.4 is 15.5 Å². The number of imide groups is 1. The van der Waals surface area contributed by atoms with Crippen molar-refractivity contribution < 1.29 is 23.9 Å². The third kappa shape index (κ3) is 8.37. The van der Waals surface area contributed by atoms with E-state index in [1.165, 1.54) is 0 Å². The maximum absolute atomic E-state index is 13.7. The van der Waals surface area contributed by atoms with Crippen LogP contribution in [-0.4, -0.2) is 116 Å². The van der Waals surface area contributed by atoms with Crippen LogP contribution in [0, 0.1) is 11.3 Å². The number of aromatic nitrogens is 2. The van der Waals surface area contributed by atoms with Gasteiger partial charge in [0.05, 0.1) is 51.6 Å². The quantitative estimate of drug-likeness (QED) is 0.137. The van der Waals surface area contributed by atoms with E-state index in [1.807, 2.05) is 32.0 Å². The van der Waals surface area contributed by atoms with E-state index >= 15 is 0 Å². The summed E-state index contributed by atoms with van der Waals surface area (Å²) in [7, 11) is 1.80. The Balaban J connectivity index is 0.852. The third-order valence-corrected chi connectivity index (χ3v) is 13.3. The van der Waals surface area contributed by atoms with E-state index in [0.717, 1.165) is 62.6 Å². The highest BCUT2D eigenvalue weighted by molar-refractivity contribution is 7.81. The number of rotatable bonds is 11. The van der Waals surface area contributed by atoms with E-state index in [1.54, 1.807) is 34.8 Å². The van der Waals surface area contributed by atoms with Crippen molar-refractivity contribution in [3.8, 4) is 6.07 Å². The molecule has 4 heterocycles. The number of para-hydroxylation sites is 1. The fraction of sp³-hybridized carbons (Fsp3) is 0.571. The van der Waals surface area contributed by atoms with Crippen molar-refractivity contribution in [3.05, 3.63) is 52.7 Å². The molecule has 4 aliphatic rings. The van der Waals surface area contributed by atoms with Crippen LogP contribution in [0.3, 0.4) is 0 Å². The summed E-state index contributed by atoms with van der Waals surface area (Å²) in [5.41, 5.74) is 1.81. The average molecular weight is 832 g/mol. The number of anilines is 2. The van der Waals surface area contributed by atoms with Crippen LogP contribution in [0.4, 0.5) is 11.4 Å². The minimum absolute atomic E-state index is 0.0403. The van der Waals surface area contributed by atoms with Crippen molar-refractivity contribution in [3.63, 3.8) is 0 Å². The second-order valence-electron chi connectivity index (χ2n) is 16.8. The second kappa shape index (κ2) is 17.3. The van der Waals surface area contributed by atoms with Crippen molar-refractivity contribution in [1.82, 2.24) is 29.8 Å². The predicted octanol–water partition coefficient (Wildman–Crippen LogP) is 5.01. The van der Waals surface area contributed by atoms with Gasteiger partial charge in [0.1, 0.15) is 11.6 Å². The molecule has 58 heavy (non-hydrogen) atoms. The lowest BCUT2D eigenvalue weighted by Crippen LogP contribution is -2.58. The van der Waals surface area contributed by atoms with Crippen LogP contribution >= 0.6 is 24.2 Å². The van der Waals surface area contributed by atoms with Gasteiger partial charge in [-0.25, -0.2) is 0 Å². The molecule has 1 aliphatic carbocycles. The van der Waals surface area contributed by atoms with E-state index in [4.69, 9.17) is 29.0 Å². The van der Waals surface area contributed by atoms with E-state index < -0.39 is 17.0 Å². The van der Waals surface area contributed by atoms with Gasteiger partial charge in [-0.2, -0.15) is 10.4 Å². The summed E-state index contributed by atoms with van der Waals surface area (Å²) in [5, 5.41) is 20.6. The number of halogens is 1. The summed E-state index contributed by atoms with van der Waals surface area (Å²) in [6.45, 7) is 11.8. The molecule has 14 nitrogen and oxygen atoms in total. The highest BCUT2D eigenvalue weighted by Crippen LogP contribution is 2.42. The van der Waals surface area contributed by atoms with Gasteiger partial charge < -0.3 is 15.0 Å². The van der Waals surface area contributed by atoms with Gasteiger partial charge in [-0.05, 0) is 90.5 Å². The molecule has 310 valence electrons. The number of piperazine rings is 1. The van der Waals surface area contributed by atoms with Crippen molar-refractivity contribution >= 4 is 70.1 Å². The molecule has 2 unspecified atom stereocenters. The molecular weight excluding hydrogens is 778 g/mol. The first kappa shape index (κ1) is 42.1. The molecule has 0 bridgehead atoms. The lowest BCUT2D eigenvalue weighted by Gasteiger charge is -2.44. The van der Waals surface area contributed by atoms with E-state index in [2.05, 4.69) is 50.3 Å². The monoisotopic (exact) mass is 831 g/mol. The number of thiol groups is 1. The number of nitrogens with zero attached hydrogens (tertiary/aromatic N) is 7. The van der Waals surface area contributed by atoms with Crippen molar-refractivity contribution in [2.24, 2.45) is 7.05 Å². The van der Waals surface area contributed by atoms with E-state index in [0.29, 0.717) is 40.7 Å². The highest BCUT2D eigenvalue weighted by atomic mass is 35.5. The van der Waals surface area contributed by atoms with Gasteiger partial charge in [-0.1, -0.05) is 23.7 Å². The molecule has 16 heteroatoms. The zero-order valence-electron chi connectivity index (χ0n) is 33.9. The van der Waals surface area contributed by atoms with Crippen LogP contribution in [-0.2, 0) is 31.0 Å². The summed E-state index contributed by atoms with van der Waals surface area (Å²) in [6.07, 6.45) is 5.42. The number of aryl methyl sites for hydroxylation is 1. The summed E-state index contributed by atoms with van der Waals surface area (Å²) in [4.78, 5) is 60.1. The molecule has 4 fully saturated rings. The molecule has 0 spiro atoms. The molecule has 2 N–H and O–H groups in total. The Morgan fingerprint density at radius 3 is 2.48 bits per heavy atom. The number of carbonyl (C=O) groups is 4. The number of ether oxygens (including phenoxy) is 1. The number of hydrogen-bond donors (Lipinski definition) is 3. The predicted molar refractivity (Wildman–Crippen MR) is 225 cm³/mol. The Morgan fingerprint density at radius 2 is 1.81 bits per heavy atom. The molecule has 4 amide bonds. The standard InChI is InChI=1S/C42H54ClN9O5S/c1-25-22-49(23-26(2)50(25)24-36(54)45-34-9-6-8-31-37(47-48(5)38(31)34)32-16-17-35(53)46-39(32)55)18-7-19-57-30-14-12-28(13-15-30)52-41(58)51(40(56)42(52,3)4)29-11-10-27(21-44)33(43)20-29/h6,8-11,20,25-26,28,30,32,41,58H,7,12-19,22-24H2,1-5H3,(H,45,54)(H,46,53,55)/t25-,26+,28?,30?,32?,41?. The molecule has 3 aliphatic heterocycles. The summed E-state index contributed by atoms with van der Waals surface area (Å²) < 4.78 is 8.09. The Bertz CT molecular complexity index is 2100. The first-order valence-electron chi connectivity index (χ1n) is 20.4. The first-order chi connectivity index (χ1) is 27.7. The lowest BCUT2D eigenvalue weighted by atomic mass is 9.89. The number of piperidine rings is 1. The highest BCUT2D eigenvalue weighted by Gasteiger charge is 2.54. The largest absolute Gasteiger partial charge is 0.378 e. The van der Waals surface area contributed by atoms with Crippen molar-refractivity contribution in [2.75, 3.05) is 43.0 Å². The Morgan fingerprint density at radius 1 is 1.09 bits per heavy atom. The Kier molecular flexibility index (Phi) is 12.5. The number of hydrogen-bond acceptors (Lipinski definition) is 11. The zero-order valence-corrected chi connectivity index (χ0v) is 35.6. The smallest absolute Gasteiger partial charge is 0.249 e. The Labute approximate surface area is 350 Å². The van der Waals surface area contributed by atoms with E-state index in [-0.39, 0.29) is 60.8 Å². The van der Waals surface area contributed by atoms with Crippen LogP contribution in [0.2, 0.25) is 5.02 Å². The van der Waals surface area contributed by atoms with Crippen LogP contribution in [0.5, 0.6) is 0 Å². The second-order valence-corrected chi connectivity index (χ2v) is 17.7. The molecule has 2 aromatic carbocycles. The summed E-state index contributed by atoms with van der Waals surface area (Å²) in [5.74, 6) is -1.27. The van der Waals surface area contributed by atoms with Gasteiger partial charge in [0, 0.05) is 68.9 Å². The lowest BCUT2D eigenvalue weighted by molar-refractivity contribution is -0.134. The molecule has 3 aromatic rings. The van der Waals surface area contributed by atoms with Gasteiger partial charge >= 0.3 is 0 Å². The minimum Gasteiger partial charge on any atom is -0.378 e. The SMILES string of the molecule is C[C@@H]1CN(CCCOC2CCC(N3C(S)N(c4ccc(C#N)c(Cl)c4)C(=O)C3(C)C)CC2)C[C@H](C)N1CC(=O)Nc1cccc2c(C3CCC(=O)NC3=O)nn(C)c12. The summed E-state index contributed by atoms with van der Waals surface area (Å²) >= 11 is 11.3. The number of carbonyl (C=O) groups excluding carboxylic acids is 4. The normalized spacial score (nSPS) is 27.2. The number of nitriles is 1. The number of benzene rings is 2. The van der Waals surface area contributed by atoms with Crippen LogP contribution in [0.1, 0.15) is 89.8 Å². The molecule has 7 rings (SSSR count). The van der Waals surface area contributed by atoms with Crippen molar-refractivity contribution in [2.45, 2.75) is 114 Å². The topological polar surface area (TPSA) is 156 Å². The molecule has 1 aromatic heterocycles. The fourth-order valence-electron chi connectivity index (χ4n) is 9.58. The molecule has 3 saturated heterocycles. The molecule has 0 radical (unpaired) electrons. The number of nitrogens with one attached hydrogen (secondary N) is 2. The minimum atomic E-state index is -0.743. The van der Waals surface area contributed by atoms with Gasteiger partial charge in [0.2, 0.25) is 23.6 Å². The first-order valence-corrected chi connectivity index (χ1v) is 21.3. The van der Waals surface area contributed by atoms with Gasteiger partial charge in [-0.3, -0.25) is 43.9 Å². The number of amides is 4. The van der Waals surface area contributed by atoms with Gasteiger partial charge in [0.25, 0.3) is 0 Å². The van der Waals surface area contributed by atoms with Gasteiger partial charge in [0.15, 0.2) is 0 Å².